The third-order valence-electron chi connectivity index (χ3n) is 2.25. The molecule has 17 heavy (non-hydrogen) atoms. The van der Waals surface area contributed by atoms with Crippen molar-refractivity contribution in [1.82, 2.24) is 0 Å². The fraction of sp³-hybridized carbons (Fsp3) is 0.308. The van der Waals surface area contributed by atoms with Crippen molar-refractivity contribution in [2.45, 2.75) is 25.7 Å². The van der Waals surface area contributed by atoms with Crippen LogP contribution in [0.5, 0.6) is 0 Å². The molecule has 1 rings (SSSR count). The number of nitrogen functional groups attached to an aromatic ring is 1. The Bertz CT molecular complexity index is 438. The maximum absolute atomic E-state index is 12.9. The minimum absolute atomic E-state index is 0.0233. The molecule has 0 saturated carbocycles. The van der Waals surface area contributed by atoms with Gasteiger partial charge in [0.15, 0.2) is 0 Å². The molecular formula is C13H15FN2O. The Kier molecular flexibility index (Phi) is 5.02. The van der Waals surface area contributed by atoms with Crippen LogP contribution in [0.1, 0.15) is 25.7 Å². The summed E-state index contributed by atoms with van der Waals surface area (Å²) in [5.41, 5.74) is 5.92. The molecule has 0 unspecified atom stereocenters. The van der Waals surface area contributed by atoms with Crippen LogP contribution in [0.2, 0.25) is 0 Å². The molecule has 3 nitrogen and oxygen atoms in total. The van der Waals surface area contributed by atoms with Gasteiger partial charge >= 0.3 is 0 Å². The first-order chi connectivity index (χ1) is 8.13. The number of unbranched alkanes of at least 4 members (excludes halogenated alkanes) is 2. The molecule has 0 spiro atoms. The second kappa shape index (κ2) is 6.54. The molecule has 0 saturated heterocycles. The van der Waals surface area contributed by atoms with E-state index in [0.717, 1.165) is 12.8 Å². The summed E-state index contributed by atoms with van der Waals surface area (Å²) >= 11 is 0. The predicted molar refractivity (Wildman–Crippen MR) is 66.7 cm³/mol. The lowest BCUT2D eigenvalue weighted by molar-refractivity contribution is -0.116. The summed E-state index contributed by atoms with van der Waals surface area (Å²) in [5, 5.41) is 2.65. The van der Waals surface area contributed by atoms with Crippen LogP contribution < -0.4 is 11.1 Å². The summed E-state index contributed by atoms with van der Waals surface area (Å²) in [6.07, 6.45) is 7.75. The highest BCUT2D eigenvalue weighted by Gasteiger charge is 2.04. The first-order valence-electron chi connectivity index (χ1n) is 5.42. The fourth-order valence-corrected chi connectivity index (χ4v) is 1.36. The average molecular weight is 234 g/mol. The molecular weight excluding hydrogens is 219 g/mol. The lowest BCUT2D eigenvalue weighted by Crippen LogP contribution is -2.11. The highest BCUT2D eigenvalue weighted by molar-refractivity contribution is 5.91. The number of nitrogens with one attached hydrogen (secondary N) is 1. The number of carbonyl (C=O) groups is 1. The molecule has 1 aromatic carbocycles. The number of carbonyl (C=O) groups excluding carboxylic acids is 1. The SMILES string of the molecule is C#CCCCCC(=O)Nc1ccc(F)c(N)c1. The van der Waals surface area contributed by atoms with Gasteiger partial charge in [-0.1, -0.05) is 0 Å². The molecule has 1 aromatic rings. The van der Waals surface area contributed by atoms with E-state index in [1.54, 1.807) is 0 Å². The van der Waals surface area contributed by atoms with Gasteiger partial charge in [0.2, 0.25) is 5.91 Å². The number of amides is 1. The minimum Gasteiger partial charge on any atom is -0.396 e. The summed E-state index contributed by atoms with van der Waals surface area (Å²) in [4.78, 5) is 11.5. The Morgan fingerprint density at radius 1 is 1.47 bits per heavy atom. The Morgan fingerprint density at radius 2 is 2.24 bits per heavy atom. The Morgan fingerprint density at radius 3 is 2.88 bits per heavy atom. The van der Waals surface area contributed by atoms with Crippen molar-refractivity contribution in [3.63, 3.8) is 0 Å². The van der Waals surface area contributed by atoms with E-state index in [1.807, 2.05) is 0 Å². The first-order valence-corrected chi connectivity index (χ1v) is 5.42. The second-order valence-corrected chi connectivity index (χ2v) is 3.70. The zero-order chi connectivity index (χ0) is 12.7. The van der Waals surface area contributed by atoms with E-state index in [4.69, 9.17) is 12.2 Å². The van der Waals surface area contributed by atoms with E-state index in [9.17, 15) is 9.18 Å². The number of halogens is 1. The van der Waals surface area contributed by atoms with Gasteiger partial charge in [0.25, 0.3) is 0 Å². The van der Waals surface area contributed by atoms with Crippen LogP contribution in [-0.2, 0) is 4.79 Å². The van der Waals surface area contributed by atoms with Crippen molar-refractivity contribution in [2.75, 3.05) is 11.1 Å². The maximum Gasteiger partial charge on any atom is 0.224 e. The molecule has 0 atom stereocenters. The zero-order valence-corrected chi connectivity index (χ0v) is 9.50. The molecule has 0 radical (unpaired) electrons. The number of anilines is 2. The van der Waals surface area contributed by atoms with Crippen molar-refractivity contribution in [3.8, 4) is 12.3 Å². The van der Waals surface area contributed by atoms with Gasteiger partial charge < -0.3 is 11.1 Å². The predicted octanol–water partition coefficient (Wildman–Crippen LogP) is 2.54. The van der Waals surface area contributed by atoms with E-state index in [0.29, 0.717) is 18.5 Å². The van der Waals surface area contributed by atoms with Crippen molar-refractivity contribution >= 4 is 17.3 Å². The summed E-state index contributed by atoms with van der Waals surface area (Å²) in [5.74, 6) is 1.91. The van der Waals surface area contributed by atoms with Crippen molar-refractivity contribution in [3.05, 3.63) is 24.0 Å². The van der Waals surface area contributed by atoms with Crippen molar-refractivity contribution in [2.24, 2.45) is 0 Å². The normalized spacial score (nSPS) is 9.65. The van der Waals surface area contributed by atoms with Gasteiger partial charge in [0.1, 0.15) is 5.82 Å². The maximum atomic E-state index is 12.9. The van der Waals surface area contributed by atoms with Gasteiger partial charge in [-0.05, 0) is 31.0 Å². The van der Waals surface area contributed by atoms with Crippen molar-refractivity contribution < 1.29 is 9.18 Å². The number of benzene rings is 1. The summed E-state index contributed by atoms with van der Waals surface area (Å²) < 4.78 is 12.9. The largest absolute Gasteiger partial charge is 0.396 e. The van der Waals surface area contributed by atoms with Gasteiger partial charge in [-0.3, -0.25) is 4.79 Å². The standard InChI is InChI=1S/C13H15FN2O/c1-2-3-4-5-6-13(17)16-10-7-8-11(14)12(15)9-10/h1,7-9H,3-6,15H2,(H,16,17). The van der Waals surface area contributed by atoms with E-state index in [1.165, 1.54) is 18.2 Å². The van der Waals surface area contributed by atoms with Gasteiger partial charge in [-0.15, -0.1) is 12.3 Å². The highest BCUT2D eigenvalue weighted by Crippen LogP contribution is 2.16. The average Bonchev–Trinajstić information content (AvgIpc) is 2.30. The van der Waals surface area contributed by atoms with Gasteiger partial charge in [0, 0.05) is 18.5 Å². The molecule has 0 aliphatic heterocycles. The van der Waals surface area contributed by atoms with Crippen LogP contribution >= 0.6 is 0 Å². The fourth-order valence-electron chi connectivity index (χ4n) is 1.36. The molecule has 0 aliphatic rings. The lowest BCUT2D eigenvalue weighted by atomic mass is 10.2. The Balaban J connectivity index is 2.40. The third kappa shape index (κ3) is 4.56. The molecule has 0 heterocycles. The van der Waals surface area contributed by atoms with Crippen LogP contribution in [0.25, 0.3) is 0 Å². The first kappa shape index (κ1) is 13.0. The van der Waals surface area contributed by atoms with Gasteiger partial charge in [0.05, 0.1) is 5.69 Å². The number of hydrogen-bond acceptors (Lipinski definition) is 2. The van der Waals surface area contributed by atoms with Crippen LogP contribution in [0.15, 0.2) is 18.2 Å². The summed E-state index contributed by atoms with van der Waals surface area (Å²) in [7, 11) is 0. The van der Waals surface area contributed by atoms with E-state index in [-0.39, 0.29) is 11.6 Å². The number of nitrogens with two attached hydrogens (primary N) is 1. The third-order valence-corrected chi connectivity index (χ3v) is 2.25. The Hall–Kier alpha value is -2.02. The van der Waals surface area contributed by atoms with Crippen LogP contribution in [0.4, 0.5) is 15.8 Å². The summed E-state index contributed by atoms with van der Waals surface area (Å²) in [6.45, 7) is 0. The minimum atomic E-state index is -0.489. The molecule has 90 valence electrons. The smallest absolute Gasteiger partial charge is 0.224 e. The topological polar surface area (TPSA) is 55.1 Å². The van der Waals surface area contributed by atoms with Gasteiger partial charge in [-0.25, -0.2) is 4.39 Å². The van der Waals surface area contributed by atoms with E-state index in [2.05, 4.69) is 11.2 Å². The zero-order valence-electron chi connectivity index (χ0n) is 9.50. The number of terminal acetylenes is 1. The quantitative estimate of drug-likeness (QED) is 0.467. The van der Waals surface area contributed by atoms with Gasteiger partial charge in [-0.2, -0.15) is 0 Å². The highest BCUT2D eigenvalue weighted by atomic mass is 19.1. The number of hydrogen-bond donors (Lipinski definition) is 2. The van der Waals surface area contributed by atoms with Crippen LogP contribution in [0, 0.1) is 18.2 Å². The summed E-state index contributed by atoms with van der Waals surface area (Å²) in [6, 6.07) is 4.10. The molecule has 1 amide bonds. The van der Waals surface area contributed by atoms with E-state index < -0.39 is 5.82 Å². The monoisotopic (exact) mass is 234 g/mol. The Labute approximate surface area is 100 Å². The molecule has 0 fully saturated rings. The lowest BCUT2D eigenvalue weighted by Gasteiger charge is -2.06. The molecule has 3 N–H and O–H groups in total. The molecule has 4 heteroatoms. The molecule has 0 aromatic heterocycles. The molecule has 0 aliphatic carbocycles. The van der Waals surface area contributed by atoms with Crippen molar-refractivity contribution in [1.29, 1.82) is 0 Å². The van der Waals surface area contributed by atoms with E-state index >= 15 is 0 Å². The molecule has 0 bridgehead atoms. The van der Waals surface area contributed by atoms with Crippen LogP contribution in [0.3, 0.4) is 0 Å². The number of rotatable bonds is 5. The van der Waals surface area contributed by atoms with Crippen LogP contribution in [-0.4, -0.2) is 5.91 Å². The second-order valence-electron chi connectivity index (χ2n) is 3.70.